The van der Waals surface area contributed by atoms with Crippen molar-refractivity contribution < 1.29 is 56.2 Å². The maximum atomic E-state index is 12.3. The third kappa shape index (κ3) is 22.3. The highest BCUT2D eigenvalue weighted by molar-refractivity contribution is 7.80. The van der Waals surface area contributed by atoms with Gasteiger partial charge in [-0.05, 0) is 44.9 Å². The first kappa shape index (κ1) is 44.6. The van der Waals surface area contributed by atoms with Gasteiger partial charge in [-0.1, -0.05) is 102 Å². The summed E-state index contributed by atoms with van der Waals surface area (Å²) in [4.78, 5) is 12.3. The molecular weight excluding hydrogens is 644 g/mol. The molecule has 1 heterocycles. The van der Waals surface area contributed by atoms with Gasteiger partial charge in [0.25, 0.3) is 0 Å². The van der Waals surface area contributed by atoms with Gasteiger partial charge in [0, 0.05) is 13.0 Å². The standard InChI is InChI=1S/C35H64O12S/c1-3-5-7-8-9-10-11-12-13-14-15-16-17-18-19-20-21-22-23-25-43-27-29(45-31(37)24-6-4-2)28-44-35-33(39)34(47-48(40,41)42)32(38)30(26-36)46-35/h10-11,13-14,29-30,32-36,38-39H,3-9,12,15-28H2,1-2H3,(H,40,41,42)/b11-10-,14-13-. The molecule has 4 N–H and O–H groups in total. The number of ether oxygens (including phenoxy) is 4. The van der Waals surface area contributed by atoms with Gasteiger partial charge in [-0.25, -0.2) is 4.18 Å². The molecule has 48 heavy (non-hydrogen) atoms. The number of unbranched alkanes of at least 4 members (excludes halogenated alkanes) is 13. The Labute approximate surface area is 289 Å². The number of hydrogen-bond donors (Lipinski definition) is 4. The molecule has 0 aliphatic carbocycles. The van der Waals surface area contributed by atoms with Crippen LogP contribution in [-0.2, 0) is 38.3 Å². The van der Waals surface area contributed by atoms with Crippen molar-refractivity contribution in [3.05, 3.63) is 24.3 Å². The molecule has 1 aliphatic heterocycles. The molecule has 1 fully saturated rings. The van der Waals surface area contributed by atoms with E-state index in [9.17, 15) is 28.5 Å². The van der Waals surface area contributed by atoms with E-state index in [0.29, 0.717) is 13.0 Å². The van der Waals surface area contributed by atoms with Crippen LogP contribution in [-0.4, -0.2) is 97.5 Å². The molecule has 12 nitrogen and oxygen atoms in total. The van der Waals surface area contributed by atoms with Crippen molar-refractivity contribution in [3.8, 4) is 0 Å². The maximum absolute atomic E-state index is 12.3. The molecule has 282 valence electrons. The zero-order chi connectivity index (χ0) is 35.5. The third-order valence-electron chi connectivity index (χ3n) is 8.08. The molecule has 1 saturated heterocycles. The van der Waals surface area contributed by atoms with Crippen molar-refractivity contribution in [1.29, 1.82) is 0 Å². The molecule has 0 amide bonds. The fourth-order valence-corrected chi connectivity index (χ4v) is 5.78. The lowest BCUT2D eigenvalue weighted by molar-refractivity contribution is -0.301. The molecule has 6 unspecified atom stereocenters. The number of aliphatic hydroxyl groups excluding tert-OH is 3. The number of rotatable bonds is 30. The first-order chi connectivity index (χ1) is 23.1. The van der Waals surface area contributed by atoms with Gasteiger partial charge in [0.05, 0.1) is 19.8 Å². The van der Waals surface area contributed by atoms with Gasteiger partial charge in [0.1, 0.15) is 30.5 Å². The fourth-order valence-electron chi connectivity index (χ4n) is 5.27. The largest absolute Gasteiger partial charge is 0.457 e. The van der Waals surface area contributed by atoms with E-state index in [1.807, 2.05) is 6.92 Å². The van der Waals surface area contributed by atoms with Crippen molar-refractivity contribution in [2.24, 2.45) is 0 Å². The zero-order valence-corrected chi connectivity index (χ0v) is 30.1. The number of hydrogen-bond acceptors (Lipinski definition) is 11. The second-order valence-electron chi connectivity index (χ2n) is 12.5. The van der Waals surface area contributed by atoms with E-state index >= 15 is 0 Å². The highest BCUT2D eigenvalue weighted by Crippen LogP contribution is 2.26. The van der Waals surface area contributed by atoms with E-state index in [1.54, 1.807) is 0 Å². The van der Waals surface area contributed by atoms with Crippen molar-refractivity contribution in [1.82, 2.24) is 0 Å². The predicted octanol–water partition coefficient (Wildman–Crippen LogP) is 5.73. The monoisotopic (exact) mass is 708 g/mol. The first-order valence-corrected chi connectivity index (χ1v) is 19.5. The summed E-state index contributed by atoms with van der Waals surface area (Å²) in [6, 6.07) is 0. The minimum absolute atomic E-state index is 0.0292. The van der Waals surface area contributed by atoms with Crippen LogP contribution in [0.15, 0.2) is 24.3 Å². The van der Waals surface area contributed by atoms with Crippen LogP contribution in [0.3, 0.4) is 0 Å². The maximum Gasteiger partial charge on any atom is 0.397 e. The van der Waals surface area contributed by atoms with Crippen molar-refractivity contribution in [2.75, 3.05) is 26.4 Å². The minimum Gasteiger partial charge on any atom is -0.457 e. The van der Waals surface area contributed by atoms with E-state index in [1.165, 1.54) is 64.2 Å². The van der Waals surface area contributed by atoms with Crippen LogP contribution in [0, 0.1) is 0 Å². The average Bonchev–Trinajstić information content (AvgIpc) is 3.05. The Morgan fingerprint density at radius 1 is 0.792 bits per heavy atom. The molecule has 1 aliphatic rings. The van der Waals surface area contributed by atoms with Gasteiger partial charge in [0.15, 0.2) is 6.29 Å². The van der Waals surface area contributed by atoms with Gasteiger partial charge >= 0.3 is 16.4 Å². The summed E-state index contributed by atoms with van der Waals surface area (Å²) in [5, 5.41) is 30.2. The number of carbonyl (C=O) groups excluding carboxylic acids is 1. The van der Waals surface area contributed by atoms with Crippen molar-refractivity contribution in [2.45, 2.75) is 166 Å². The van der Waals surface area contributed by atoms with Crippen LogP contribution in [0.4, 0.5) is 0 Å². The molecule has 0 radical (unpaired) electrons. The summed E-state index contributed by atoms with van der Waals surface area (Å²) in [5.41, 5.74) is 0. The Morgan fingerprint density at radius 2 is 1.38 bits per heavy atom. The van der Waals surface area contributed by atoms with E-state index < -0.39 is 59.8 Å². The summed E-state index contributed by atoms with van der Waals surface area (Å²) in [7, 11) is -5.04. The molecule has 0 saturated carbocycles. The molecule has 13 heteroatoms. The molecule has 6 atom stereocenters. The van der Waals surface area contributed by atoms with Crippen molar-refractivity contribution >= 4 is 16.4 Å². The van der Waals surface area contributed by atoms with Gasteiger partial charge < -0.3 is 34.3 Å². The quantitative estimate of drug-likeness (QED) is 0.0309. The van der Waals surface area contributed by atoms with E-state index in [4.69, 9.17) is 23.5 Å². The Hall–Kier alpha value is -1.42. The Balaban J connectivity index is 2.29. The zero-order valence-electron chi connectivity index (χ0n) is 29.3. The Bertz CT molecular complexity index is 957. The van der Waals surface area contributed by atoms with Crippen LogP contribution < -0.4 is 0 Å². The van der Waals surface area contributed by atoms with Gasteiger partial charge in [-0.3, -0.25) is 9.35 Å². The molecular formula is C35H64O12S. The number of esters is 1. The Kier molecular flexibility index (Phi) is 26.3. The highest BCUT2D eigenvalue weighted by atomic mass is 32.3. The second-order valence-corrected chi connectivity index (χ2v) is 13.5. The second kappa shape index (κ2) is 28.3. The summed E-state index contributed by atoms with van der Waals surface area (Å²) in [6.45, 7) is 3.66. The van der Waals surface area contributed by atoms with Gasteiger partial charge in [-0.2, -0.15) is 8.42 Å². The lowest BCUT2D eigenvalue weighted by atomic mass is 9.99. The summed E-state index contributed by atoms with van der Waals surface area (Å²) < 4.78 is 58.1. The summed E-state index contributed by atoms with van der Waals surface area (Å²) >= 11 is 0. The first-order valence-electron chi connectivity index (χ1n) is 18.1. The topological polar surface area (TPSA) is 178 Å². The van der Waals surface area contributed by atoms with Gasteiger partial charge in [-0.15, -0.1) is 0 Å². The molecule has 0 aromatic rings. The Morgan fingerprint density at radius 3 is 1.96 bits per heavy atom. The lowest BCUT2D eigenvalue weighted by Crippen LogP contribution is -2.60. The third-order valence-corrected chi connectivity index (χ3v) is 8.54. The van der Waals surface area contributed by atoms with Gasteiger partial charge in [0.2, 0.25) is 0 Å². The van der Waals surface area contributed by atoms with Crippen molar-refractivity contribution in [3.63, 3.8) is 0 Å². The fraction of sp³-hybridized carbons (Fsp3) is 0.857. The highest BCUT2D eigenvalue weighted by Gasteiger charge is 2.48. The van der Waals surface area contributed by atoms with E-state index in [-0.39, 0.29) is 19.6 Å². The molecule has 0 bridgehead atoms. The molecule has 1 rings (SSSR count). The van der Waals surface area contributed by atoms with Crippen LogP contribution >= 0.6 is 0 Å². The summed E-state index contributed by atoms with van der Waals surface area (Å²) in [6.07, 6.45) is 19.3. The van der Waals surface area contributed by atoms with E-state index in [0.717, 1.165) is 38.5 Å². The summed E-state index contributed by atoms with van der Waals surface area (Å²) in [5.74, 6) is -0.438. The number of aliphatic hydroxyl groups is 3. The molecule has 0 aromatic carbocycles. The lowest BCUT2D eigenvalue weighted by Gasteiger charge is -2.41. The van der Waals surface area contributed by atoms with Crippen LogP contribution in [0.1, 0.15) is 129 Å². The smallest absolute Gasteiger partial charge is 0.397 e. The number of carbonyl (C=O) groups is 1. The molecule has 0 spiro atoms. The minimum atomic E-state index is -5.04. The average molecular weight is 709 g/mol. The molecule has 0 aromatic heterocycles. The van der Waals surface area contributed by atoms with E-state index in [2.05, 4.69) is 35.4 Å². The normalized spacial score (nSPS) is 22.5. The van der Waals surface area contributed by atoms with Crippen LogP contribution in [0.25, 0.3) is 0 Å². The van der Waals surface area contributed by atoms with Crippen LogP contribution in [0.2, 0.25) is 0 Å². The SMILES string of the molecule is CCCCCC/C=C\C/C=C\CCCCCCCCCCOCC(COC1OC(CO)C(O)C(OS(=O)(=O)O)C1O)OC(=O)CCCC. The predicted molar refractivity (Wildman–Crippen MR) is 184 cm³/mol. The number of allylic oxidation sites excluding steroid dienone is 4. The van der Waals surface area contributed by atoms with Crippen LogP contribution in [0.5, 0.6) is 0 Å².